The van der Waals surface area contributed by atoms with Crippen LogP contribution in [0.15, 0.2) is 12.0 Å². The van der Waals surface area contributed by atoms with Crippen LogP contribution in [0.3, 0.4) is 0 Å². The maximum Gasteiger partial charge on any atom is 0.410 e. The van der Waals surface area contributed by atoms with Gasteiger partial charge in [-0.3, -0.25) is 0 Å². The molecule has 22 heavy (non-hydrogen) atoms. The minimum absolute atomic E-state index is 0.313. The summed E-state index contributed by atoms with van der Waals surface area (Å²) in [6.45, 7) is 6.50. The van der Waals surface area contributed by atoms with Gasteiger partial charge in [-0.05, 0) is 20.8 Å². The summed E-state index contributed by atoms with van der Waals surface area (Å²) in [5.41, 5.74) is -0.993. The predicted molar refractivity (Wildman–Crippen MR) is 79.5 cm³/mol. The molecule has 0 aromatic carbocycles. The number of likely N-dealkylation sites (tertiary alicyclic amines) is 1. The molecule has 0 saturated carbocycles. The third kappa shape index (κ3) is 4.53. The third-order valence-corrected chi connectivity index (χ3v) is 4.04. The summed E-state index contributed by atoms with van der Waals surface area (Å²) in [4.78, 5) is 13.7. The van der Waals surface area contributed by atoms with Crippen LogP contribution in [-0.2, 0) is 23.8 Å². The second-order valence-electron chi connectivity index (χ2n) is 6.82. The zero-order valence-electron chi connectivity index (χ0n) is 13.4. The molecule has 7 nitrogen and oxygen atoms in total. The zero-order chi connectivity index (χ0) is 16.6. The molecule has 0 radical (unpaired) electrons. The Labute approximate surface area is 131 Å². The minimum Gasteiger partial charge on any atom is -0.491 e. The van der Waals surface area contributed by atoms with Crippen molar-refractivity contribution in [1.82, 2.24) is 4.90 Å². The number of nitrogens with zero attached hydrogens (tertiary/aromatic N) is 1. The Morgan fingerprint density at radius 2 is 1.91 bits per heavy atom. The molecule has 0 aromatic heterocycles. The number of hydrogen-bond acceptors (Lipinski definition) is 6. The first kappa shape index (κ1) is 16.9. The number of carbonyl (C=O) groups is 1. The highest BCUT2D eigenvalue weighted by molar-refractivity contribution is 7.86. The van der Waals surface area contributed by atoms with E-state index in [-0.39, 0.29) is 6.09 Å². The molecule has 1 amide bonds. The summed E-state index contributed by atoms with van der Waals surface area (Å²) >= 11 is 0. The molecular weight excluding hydrogens is 310 g/mol. The van der Waals surface area contributed by atoms with Gasteiger partial charge >= 0.3 is 16.2 Å². The highest BCUT2D eigenvalue weighted by atomic mass is 32.2. The monoisotopic (exact) mass is 333 g/mol. The van der Waals surface area contributed by atoms with E-state index < -0.39 is 21.3 Å². The molecule has 2 heterocycles. The Morgan fingerprint density at radius 1 is 1.32 bits per heavy atom. The molecule has 0 unspecified atom stereocenters. The van der Waals surface area contributed by atoms with Gasteiger partial charge in [-0.1, -0.05) is 0 Å². The van der Waals surface area contributed by atoms with E-state index in [0.29, 0.717) is 38.1 Å². The Morgan fingerprint density at radius 3 is 2.41 bits per heavy atom. The largest absolute Gasteiger partial charge is 0.491 e. The van der Waals surface area contributed by atoms with Crippen molar-refractivity contribution >= 4 is 16.2 Å². The fourth-order valence-electron chi connectivity index (χ4n) is 2.55. The maximum absolute atomic E-state index is 12.0. The van der Waals surface area contributed by atoms with E-state index in [0.717, 1.165) is 6.26 Å². The predicted octanol–water partition coefficient (Wildman–Crippen LogP) is 1.99. The molecule has 0 aliphatic carbocycles. The molecule has 1 saturated heterocycles. The minimum atomic E-state index is -3.54. The smallest absolute Gasteiger partial charge is 0.410 e. The Bertz CT molecular complexity index is 567. The van der Waals surface area contributed by atoms with Crippen LogP contribution in [0.4, 0.5) is 4.79 Å². The fourth-order valence-corrected chi connectivity index (χ4v) is 3.04. The van der Waals surface area contributed by atoms with E-state index in [4.69, 9.17) is 13.7 Å². The molecule has 2 rings (SSSR count). The van der Waals surface area contributed by atoms with Crippen LogP contribution in [0.2, 0.25) is 0 Å². The topological polar surface area (TPSA) is 82.1 Å². The summed E-state index contributed by atoms with van der Waals surface area (Å²) < 4.78 is 38.1. The van der Waals surface area contributed by atoms with Gasteiger partial charge in [0.25, 0.3) is 0 Å². The van der Waals surface area contributed by atoms with Crippen LogP contribution in [0.1, 0.15) is 40.0 Å². The molecule has 2 aliphatic rings. The molecule has 1 spiro atoms. The number of rotatable bonds is 2. The van der Waals surface area contributed by atoms with Crippen LogP contribution in [0, 0.1) is 0 Å². The fraction of sp³-hybridized carbons (Fsp3) is 0.786. The van der Waals surface area contributed by atoms with Crippen LogP contribution in [-0.4, -0.2) is 50.0 Å². The van der Waals surface area contributed by atoms with Gasteiger partial charge in [-0.2, -0.15) is 8.42 Å². The van der Waals surface area contributed by atoms with E-state index in [2.05, 4.69) is 0 Å². The lowest BCUT2D eigenvalue weighted by Gasteiger charge is -2.38. The van der Waals surface area contributed by atoms with E-state index >= 15 is 0 Å². The summed E-state index contributed by atoms with van der Waals surface area (Å²) in [5, 5.41) is 0. The summed E-state index contributed by atoms with van der Waals surface area (Å²) in [6.07, 6.45) is 3.66. The molecule has 126 valence electrons. The molecule has 2 aliphatic heterocycles. The molecule has 8 heteroatoms. The molecule has 0 aromatic rings. The van der Waals surface area contributed by atoms with Crippen molar-refractivity contribution in [3.8, 4) is 0 Å². The number of hydrogen-bond donors (Lipinski definition) is 0. The SMILES string of the molecule is CC(C)(C)OC(=O)N1CCC2(CC1)CC(OS(C)(=O)=O)=CO2. The van der Waals surface area contributed by atoms with E-state index in [9.17, 15) is 13.2 Å². The van der Waals surface area contributed by atoms with Gasteiger partial charge in [-0.25, -0.2) is 4.79 Å². The van der Waals surface area contributed by atoms with E-state index in [1.165, 1.54) is 6.26 Å². The summed E-state index contributed by atoms with van der Waals surface area (Å²) in [7, 11) is -3.54. The van der Waals surface area contributed by atoms with Crippen LogP contribution in [0.25, 0.3) is 0 Å². The third-order valence-electron chi connectivity index (χ3n) is 3.52. The van der Waals surface area contributed by atoms with Crippen LogP contribution in [0.5, 0.6) is 0 Å². The van der Waals surface area contributed by atoms with Crippen molar-refractivity contribution in [1.29, 1.82) is 0 Å². The molecule has 0 bridgehead atoms. The average Bonchev–Trinajstić information content (AvgIpc) is 2.68. The van der Waals surface area contributed by atoms with Gasteiger partial charge in [0.2, 0.25) is 0 Å². The van der Waals surface area contributed by atoms with Crippen molar-refractivity contribution < 1.29 is 26.9 Å². The van der Waals surface area contributed by atoms with Crippen LogP contribution < -0.4 is 0 Å². The van der Waals surface area contributed by atoms with Crippen molar-refractivity contribution in [2.45, 2.75) is 51.2 Å². The van der Waals surface area contributed by atoms with Crippen molar-refractivity contribution in [3.05, 3.63) is 12.0 Å². The van der Waals surface area contributed by atoms with Gasteiger partial charge < -0.3 is 18.6 Å². The Kier molecular flexibility index (Phi) is 4.34. The van der Waals surface area contributed by atoms with E-state index in [1.807, 2.05) is 20.8 Å². The maximum atomic E-state index is 12.0. The highest BCUT2D eigenvalue weighted by Crippen LogP contribution is 2.38. The van der Waals surface area contributed by atoms with Gasteiger partial charge in [0.05, 0.1) is 6.26 Å². The number of amides is 1. The normalized spacial score (nSPS) is 21.3. The number of ether oxygens (including phenoxy) is 2. The zero-order valence-corrected chi connectivity index (χ0v) is 14.2. The lowest BCUT2D eigenvalue weighted by molar-refractivity contribution is -0.0285. The first-order valence-corrected chi connectivity index (χ1v) is 9.04. The Hall–Kier alpha value is -1.44. The van der Waals surface area contributed by atoms with E-state index in [1.54, 1.807) is 4.90 Å². The molecule has 1 fully saturated rings. The Balaban J connectivity index is 1.87. The average molecular weight is 333 g/mol. The first-order chi connectivity index (χ1) is 9.98. The van der Waals surface area contributed by atoms with Gasteiger partial charge in [0.15, 0.2) is 5.76 Å². The molecular formula is C14H23NO6S. The standard InChI is InChI=1S/C14H23NO6S/c1-13(2,3)20-12(16)15-7-5-14(6-8-15)9-11(10-19-14)21-22(4,17)18/h10H,5-9H2,1-4H3. The second kappa shape index (κ2) is 5.64. The second-order valence-corrected chi connectivity index (χ2v) is 8.39. The van der Waals surface area contributed by atoms with Gasteiger partial charge in [-0.15, -0.1) is 0 Å². The summed E-state index contributed by atoms with van der Waals surface area (Å²) in [6, 6.07) is 0. The van der Waals surface area contributed by atoms with Crippen LogP contribution >= 0.6 is 0 Å². The lowest BCUT2D eigenvalue weighted by atomic mass is 9.89. The lowest BCUT2D eigenvalue weighted by Crippen LogP contribution is -2.48. The van der Waals surface area contributed by atoms with Gasteiger partial charge in [0.1, 0.15) is 17.5 Å². The number of carbonyl (C=O) groups excluding carboxylic acids is 1. The first-order valence-electron chi connectivity index (χ1n) is 7.22. The molecule has 0 atom stereocenters. The number of piperidine rings is 1. The van der Waals surface area contributed by atoms with Gasteiger partial charge in [0, 0.05) is 32.4 Å². The summed E-state index contributed by atoms with van der Waals surface area (Å²) in [5.74, 6) is 0.313. The quantitative estimate of drug-likeness (QED) is 0.719. The highest BCUT2D eigenvalue weighted by Gasteiger charge is 2.43. The van der Waals surface area contributed by atoms with Crippen molar-refractivity contribution in [2.75, 3.05) is 19.3 Å². The van der Waals surface area contributed by atoms with Crippen molar-refractivity contribution in [2.24, 2.45) is 0 Å². The molecule has 0 N–H and O–H groups in total. The van der Waals surface area contributed by atoms with Crippen molar-refractivity contribution in [3.63, 3.8) is 0 Å².